The monoisotopic (exact) mass is 311 g/mol. The summed E-state index contributed by atoms with van der Waals surface area (Å²) in [4.78, 5) is 2.38. The molecule has 0 N–H and O–H groups in total. The Bertz CT molecular complexity index is 929. The Kier molecular flexibility index (Phi) is 3.70. The van der Waals surface area contributed by atoms with E-state index in [1.54, 1.807) is 0 Å². The molecule has 24 heavy (non-hydrogen) atoms. The topological polar surface area (TPSA) is 3.24 Å². The molecule has 0 saturated carbocycles. The van der Waals surface area contributed by atoms with Gasteiger partial charge in [0.1, 0.15) is 0 Å². The highest BCUT2D eigenvalue weighted by atomic mass is 15.2. The highest BCUT2D eigenvalue weighted by Crippen LogP contribution is 2.42. The van der Waals surface area contributed by atoms with Gasteiger partial charge in [-0.05, 0) is 54.5 Å². The van der Waals surface area contributed by atoms with Crippen LogP contribution in [0, 0.1) is 0 Å². The largest absolute Gasteiger partial charge is 0.310 e. The summed E-state index contributed by atoms with van der Waals surface area (Å²) in [5, 5.41) is 2.53. The molecule has 0 fully saturated rings. The Morgan fingerprint density at radius 1 is 0.792 bits per heavy atom. The average Bonchev–Trinajstić information content (AvgIpc) is 2.96. The van der Waals surface area contributed by atoms with Gasteiger partial charge in [0.25, 0.3) is 0 Å². The van der Waals surface area contributed by atoms with Gasteiger partial charge in [-0.1, -0.05) is 61.2 Å². The van der Waals surface area contributed by atoms with Crippen molar-refractivity contribution in [2.75, 3.05) is 4.90 Å². The van der Waals surface area contributed by atoms with E-state index in [4.69, 9.17) is 0 Å². The molecule has 118 valence electrons. The van der Waals surface area contributed by atoms with Gasteiger partial charge in [-0.2, -0.15) is 0 Å². The Hall–Kier alpha value is -2.80. The first-order valence-corrected chi connectivity index (χ1v) is 8.46. The number of hydrogen-bond acceptors (Lipinski definition) is 1. The van der Waals surface area contributed by atoms with Crippen LogP contribution in [0.1, 0.15) is 19.8 Å². The summed E-state index contributed by atoms with van der Waals surface area (Å²) >= 11 is 0. The maximum absolute atomic E-state index is 4.34. The average molecular weight is 311 g/mol. The number of para-hydroxylation sites is 1. The Labute approximate surface area is 143 Å². The van der Waals surface area contributed by atoms with Gasteiger partial charge in [-0.3, -0.25) is 0 Å². The van der Waals surface area contributed by atoms with Crippen molar-refractivity contribution < 1.29 is 0 Å². The van der Waals surface area contributed by atoms with E-state index in [1.165, 1.54) is 39.0 Å². The van der Waals surface area contributed by atoms with Crippen molar-refractivity contribution in [1.29, 1.82) is 0 Å². The molecule has 0 atom stereocenters. The lowest BCUT2D eigenvalue weighted by molar-refractivity contribution is 1.01. The Balaban J connectivity index is 2.00. The van der Waals surface area contributed by atoms with Crippen LogP contribution >= 0.6 is 0 Å². The fraction of sp³-hybridized carbons (Fsp3) is 0.130. The van der Waals surface area contributed by atoms with Crippen LogP contribution in [0.3, 0.4) is 0 Å². The molecule has 0 saturated heterocycles. The summed E-state index contributed by atoms with van der Waals surface area (Å²) in [6.45, 7) is 6.57. The number of hydrogen-bond donors (Lipinski definition) is 0. The van der Waals surface area contributed by atoms with Crippen LogP contribution in [-0.4, -0.2) is 0 Å². The molecule has 3 aromatic carbocycles. The number of rotatable bonds is 3. The fourth-order valence-corrected chi connectivity index (χ4v) is 3.59. The minimum atomic E-state index is 1.05. The van der Waals surface area contributed by atoms with Crippen LogP contribution < -0.4 is 4.90 Å². The molecule has 0 unspecified atom stereocenters. The third-order valence-corrected chi connectivity index (χ3v) is 4.79. The van der Waals surface area contributed by atoms with Crippen LogP contribution in [0.5, 0.6) is 0 Å². The smallest absolute Gasteiger partial charge is 0.0540 e. The number of allylic oxidation sites excluding steroid dienone is 2. The molecule has 0 aromatic heterocycles. The molecule has 4 rings (SSSR count). The number of benzene rings is 3. The van der Waals surface area contributed by atoms with Crippen molar-refractivity contribution in [3.05, 3.63) is 96.2 Å². The van der Waals surface area contributed by atoms with E-state index in [9.17, 15) is 0 Å². The molecule has 1 aliphatic carbocycles. The van der Waals surface area contributed by atoms with E-state index in [2.05, 4.69) is 91.2 Å². The number of nitrogens with zero attached hydrogens (tertiary/aromatic N) is 1. The van der Waals surface area contributed by atoms with E-state index in [-0.39, 0.29) is 0 Å². The van der Waals surface area contributed by atoms with Crippen molar-refractivity contribution in [1.82, 2.24) is 0 Å². The second kappa shape index (κ2) is 6.01. The molecular formula is C23H21N. The van der Waals surface area contributed by atoms with Crippen LogP contribution in [0.4, 0.5) is 11.4 Å². The first-order chi connectivity index (χ1) is 11.8. The second-order valence-corrected chi connectivity index (χ2v) is 6.40. The van der Waals surface area contributed by atoms with Gasteiger partial charge in [-0.25, -0.2) is 0 Å². The van der Waals surface area contributed by atoms with Gasteiger partial charge in [0.2, 0.25) is 0 Å². The van der Waals surface area contributed by atoms with E-state index in [0.29, 0.717) is 0 Å². The molecular weight excluding hydrogens is 290 g/mol. The summed E-state index contributed by atoms with van der Waals surface area (Å²) < 4.78 is 0. The van der Waals surface area contributed by atoms with Crippen molar-refractivity contribution in [3.8, 4) is 0 Å². The summed E-state index contributed by atoms with van der Waals surface area (Å²) in [5.74, 6) is 0. The van der Waals surface area contributed by atoms with Gasteiger partial charge in [-0.15, -0.1) is 0 Å². The van der Waals surface area contributed by atoms with Gasteiger partial charge >= 0.3 is 0 Å². The standard InChI is InChI=1S/C23H21N/c1-17-15-16-18(2)23(17)24(20-11-4-3-5-12-20)22-14-8-10-19-9-6-7-13-21(19)22/h3-14H,1,15-16H2,2H3. The minimum absolute atomic E-state index is 1.05. The zero-order valence-corrected chi connectivity index (χ0v) is 14.0. The summed E-state index contributed by atoms with van der Waals surface area (Å²) in [6.07, 6.45) is 2.15. The van der Waals surface area contributed by atoms with Crippen molar-refractivity contribution in [2.24, 2.45) is 0 Å². The Morgan fingerprint density at radius 2 is 1.50 bits per heavy atom. The molecule has 3 aromatic rings. The van der Waals surface area contributed by atoms with Crippen molar-refractivity contribution in [3.63, 3.8) is 0 Å². The molecule has 0 bridgehead atoms. The summed E-state index contributed by atoms with van der Waals surface area (Å²) in [6, 6.07) is 25.7. The van der Waals surface area contributed by atoms with Crippen LogP contribution in [0.25, 0.3) is 10.8 Å². The second-order valence-electron chi connectivity index (χ2n) is 6.40. The highest BCUT2D eigenvalue weighted by Gasteiger charge is 2.24. The molecule has 0 amide bonds. The van der Waals surface area contributed by atoms with Gasteiger partial charge in [0.15, 0.2) is 0 Å². The van der Waals surface area contributed by atoms with Gasteiger partial charge in [0, 0.05) is 16.8 Å². The number of fused-ring (bicyclic) bond motifs is 1. The van der Waals surface area contributed by atoms with E-state index >= 15 is 0 Å². The zero-order chi connectivity index (χ0) is 16.5. The lowest BCUT2D eigenvalue weighted by Crippen LogP contribution is -2.17. The molecule has 0 radical (unpaired) electrons. The molecule has 1 heteroatoms. The van der Waals surface area contributed by atoms with Gasteiger partial charge < -0.3 is 4.90 Å². The lowest BCUT2D eigenvalue weighted by Gasteiger charge is -2.29. The van der Waals surface area contributed by atoms with E-state index in [0.717, 1.165) is 12.8 Å². The quantitative estimate of drug-likeness (QED) is 0.526. The minimum Gasteiger partial charge on any atom is -0.310 e. The van der Waals surface area contributed by atoms with Gasteiger partial charge in [0.05, 0.1) is 5.69 Å². The normalized spacial score (nSPS) is 14.5. The first-order valence-electron chi connectivity index (χ1n) is 8.46. The van der Waals surface area contributed by atoms with E-state index in [1.807, 2.05) is 0 Å². The van der Waals surface area contributed by atoms with Crippen molar-refractivity contribution in [2.45, 2.75) is 19.8 Å². The third-order valence-electron chi connectivity index (χ3n) is 4.79. The summed E-state index contributed by atoms with van der Waals surface area (Å²) in [5.41, 5.74) is 6.32. The third kappa shape index (κ3) is 2.43. The maximum atomic E-state index is 4.34. The van der Waals surface area contributed by atoms with Crippen LogP contribution in [0.2, 0.25) is 0 Å². The van der Waals surface area contributed by atoms with Crippen molar-refractivity contribution >= 4 is 22.1 Å². The fourth-order valence-electron chi connectivity index (χ4n) is 3.59. The molecule has 1 nitrogen and oxygen atoms in total. The summed E-state index contributed by atoms with van der Waals surface area (Å²) in [7, 11) is 0. The predicted molar refractivity (Wildman–Crippen MR) is 104 cm³/mol. The van der Waals surface area contributed by atoms with Crippen LogP contribution in [0.15, 0.2) is 96.2 Å². The van der Waals surface area contributed by atoms with E-state index < -0.39 is 0 Å². The maximum Gasteiger partial charge on any atom is 0.0540 e. The molecule has 0 aliphatic heterocycles. The number of anilines is 2. The Morgan fingerprint density at radius 3 is 2.25 bits per heavy atom. The van der Waals surface area contributed by atoms with Crippen LogP contribution in [-0.2, 0) is 0 Å². The SMILES string of the molecule is C=C1CCC(C)=C1N(c1ccccc1)c1cccc2ccccc12. The molecule has 1 aliphatic rings. The molecule has 0 heterocycles. The lowest BCUT2D eigenvalue weighted by atomic mass is 10.1. The zero-order valence-electron chi connectivity index (χ0n) is 14.0. The first kappa shape index (κ1) is 14.8. The molecule has 0 spiro atoms. The predicted octanol–water partition coefficient (Wildman–Crippen LogP) is 6.60. The highest BCUT2D eigenvalue weighted by molar-refractivity contribution is 5.97.